The quantitative estimate of drug-likeness (QED) is 0.540. The number of anilines is 1. The van der Waals surface area contributed by atoms with Gasteiger partial charge in [0.25, 0.3) is 0 Å². The van der Waals surface area contributed by atoms with E-state index in [2.05, 4.69) is 49.7 Å². The molecule has 1 fully saturated rings. The minimum absolute atomic E-state index is 0.118. The van der Waals surface area contributed by atoms with E-state index in [1.807, 2.05) is 26.2 Å². The molecule has 2 aromatic rings. The first kappa shape index (κ1) is 22.1. The normalized spacial score (nSPS) is 16.2. The van der Waals surface area contributed by atoms with E-state index in [0.717, 1.165) is 24.6 Å². The maximum Gasteiger partial charge on any atom is 0.191 e. The van der Waals surface area contributed by atoms with Gasteiger partial charge in [-0.3, -0.25) is 9.89 Å². The third-order valence-corrected chi connectivity index (χ3v) is 5.34. The highest BCUT2D eigenvalue weighted by Crippen LogP contribution is 2.21. The minimum Gasteiger partial charge on any atom is -0.379 e. The summed E-state index contributed by atoms with van der Waals surface area (Å²) < 4.78 is 18.9. The largest absolute Gasteiger partial charge is 0.379 e. The van der Waals surface area contributed by atoms with Gasteiger partial charge < -0.3 is 20.3 Å². The summed E-state index contributed by atoms with van der Waals surface area (Å²) in [6, 6.07) is 15.3. The van der Waals surface area contributed by atoms with Gasteiger partial charge in [-0.1, -0.05) is 24.3 Å². The summed E-state index contributed by atoms with van der Waals surface area (Å²) in [7, 11) is 5.84. The van der Waals surface area contributed by atoms with Gasteiger partial charge in [-0.25, -0.2) is 4.39 Å². The van der Waals surface area contributed by atoms with Crippen LogP contribution in [0, 0.1) is 5.82 Å². The lowest BCUT2D eigenvalue weighted by Gasteiger charge is -2.35. The monoisotopic (exact) mass is 413 g/mol. The van der Waals surface area contributed by atoms with Crippen molar-refractivity contribution in [3.05, 3.63) is 65.5 Å². The molecule has 30 heavy (non-hydrogen) atoms. The first-order chi connectivity index (χ1) is 14.6. The number of halogens is 1. The van der Waals surface area contributed by atoms with Crippen LogP contribution >= 0.6 is 0 Å². The number of nitrogens with zero attached hydrogens (tertiary/aromatic N) is 3. The van der Waals surface area contributed by atoms with Gasteiger partial charge in [-0.2, -0.15) is 0 Å². The molecule has 3 rings (SSSR count). The SMILES string of the molecule is CN=C(NCc1ccc(N(C)C)cc1)NCC(c1ccc(F)cc1)N1CCOCC1. The predicted molar refractivity (Wildman–Crippen MR) is 121 cm³/mol. The van der Waals surface area contributed by atoms with E-state index < -0.39 is 0 Å². The van der Waals surface area contributed by atoms with Crippen molar-refractivity contribution in [2.24, 2.45) is 4.99 Å². The van der Waals surface area contributed by atoms with Gasteiger partial charge in [0, 0.05) is 53.0 Å². The summed E-state index contributed by atoms with van der Waals surface area (Å²) >= 11 is 0. The number of hydrogen-bond acceptors (Lipinski definition) is 4. The van der Waals surface area contributed by atoms with Crippen molar-refractivity contribution in [3.8, 4) is 0 Å². The Morgan fingerprint density at radius 3 is 2.33 bits per heavy atom. The van der Waals surface area contributed by atoms with Crippen LogP contribution in [-0.2, 0) is 11.3 Å². The molecule has 0 bridgehead atoms. The van der Waals surface area contributed by atoms with Gasteiger partial charge >= 0.3 is 0 Å². The average Bonchev–Trinajstić information content (AvgIpc) is 2.78. The Hall–Kier alpha value is -2.64. The zero-order valence-electron chi connectivity index (χ0n) is 18.1. The van der Waals surface area contributed by atoms with Crippen molar-refractivity contribution < 1.29 is 9.13 Å². The molecular formula is C23H32FN5O. The van der Waals surface area contributed by atoms with Crippen molar-refractivity contribution in [1.29, 1.82) is 0 Å². The molecule has 1 aliphatic heterocycles. The Kier molecular flexibility index (Phi) is 8.04. The predicted octanol–water partition coefficient (Wildman–Crippen LogP) is 2.63. The van der Waals surface area contributed by atoms with Gasteiger partial charge in [0.1, 0.15) is 5.82 Å². The summed E-state index contributed by atoms with van der Waals surface area (Å²) in [5.41, 5.74) is 3.45. The summed E-state index contributed by atoms with van der Waals surface area (Å²) in [5.74, 6) is 0.525. The van der Waals surface area contributed by atoms with E-state index in [1.54, 1.807) is 7.05 Å². The number of morpholine rings is 1. The molecule has 0 spiro atoms. The summed E-state index contributed by atoms with van der Waals surface area (Å²) in [5, 5.41) is 6.81. The van der Waals surface area contributed by atoms with Crippen LogP contribution in [0.2, 0.25) is 0 Å². The Labute approximate surface area is 178 Å². The molecule has 1 atom stereocenters. The van der Waals surface area contributed by atoms with Crippen molar-refractivity contribution in [3.63, 3.8) is 0 Å². The molecule has 0 aliphatic carbocycles. The fraction of sp³-hybridized carbons (Fsp3) is 0.435. The van der Waals surface area contributed by atoms with E-state index >= 15 is 0 Å². The van der Waals surface area contributed by atoms with Gasteiger partial charge in [0.2, 0.25) is 0 Å². The van der Waals surface area contributed by atoms with Crippen molar-refractivity contribution in [1.82, 2.24) is 15.5 Å². The highest BCUT2D eigenvalue weighted by molar-refractivity contribution is 5.79. The fourth-order valence-corrected chi connectivity index (χ4v) is 3.54. The van der Waals surface area contributed by atoms with Crippen LogP contribution < -0.4 is 15.5 Å². The van der Waals surface area contributed by atoms with Crippen molar-refractivity contribution in [2.75, 3.05) is 58.9 Å². The Morgan fingerprint density at radius 1 is 1.07 bits per heavy atom. The molecule has 162 valence electrons. The van der Waals surface area contributed by atoms with Crippen LogP contribution in [0.4, 0.5) is 10.1 Å². The van der Waals surface area contributed by atoms with E-state index in [9.17, 15) is 4.39 Å². The number of guanidine groups is 1. The molecule has 1 unspecified atom stereocenters. The Bertz CT molecular complexity index is 801. The second-order valence-electron chi connectivity index (χ2n) is 7.58. The van der Waals surface area contributed by atoms with Gasteiger partial charge in [0.05, 0.1) is 19.3 Å². The number of benzene rings is 2. The summed E-state index contributed by atoms with van der Waals surface area (Å²) in [6.45, 7) is 4.50. The molecule has 0 saturated carbocycles. The smallest absolute Gasteiger partial charge is 0.191 e. The maximum atomic E-state index is 13.4. The number of ether oxygens (including phenoxy) is 1. The highest BCUT2D eigenvalue weighted by atomic mass is 19.1. The average molecular weight is 414 g/mol. The van der Waals surface area contributed by atoms with Gasteiger partial charge in [0.15, 0.2) is 5.96 Å². The Morgan fingerprint density at radius 2 is 1.73 bits per heavy atom. The number of hydrogen-bond donors (Lipinski definition) is 2. The first-order valence-electron chi connectivity index (χ1n) is 10.3. The molecule has 1 aliphatic rings. The molecule has 1 heterocycles. The van der Waals surface area contributed by atoms with Crippen LogP contribution in [0.5, 0.6) is 0 Å². The van der Waals surface area contributed by atoms with Gasteiger partial charge in [-0.05, 0) is 35.4 Å². The third kappa shape index (κ3) is 6.18. The third-order valence-electron chi connectivity index (χ3n) is 5.34. The molecule has 2 aromatic carbocycles. The van der Waals surface area contributed by atoms with Crippen LogP contribution in [0.15, 0.2) is 53.5 Å². The van der Waals surface area contributed by atoms with Crippen LogP contribution in [0.25, 0.3) is 0 Å². The van der Waals surface area contributed by atoms with Crippen LogP contribution in [0.3, 0.4) is 0 Å². The molecule has 0 amide bonds. The summed E-state index contributed by atoms with van der Waals surface area (Å²) in [4.78, 5) is 8.81. The number of aliphatic imine (C=N–C) groups is 1. The number of nitrogens with one attached hydrogen (secondary N) is 2. The standard InChI is InChI=1S/C23H32FN5O/c1-25-23(26-16-18-4-10-21(11-5-18)28(2)3)27-17-22(29-12-14-30-15-13-29)19-6-8-20(24)9-7-19/h4-11,22H,12-17H2,1-3H3,(H2,25,26,27). The number of rotatable bonds is 7. The molecule has 1 saturated heterocycles. The lowest BCUT2D eigenvalue weighted by Crippen LogP contribution is -2.46. The van der Waals surface area contributed by atoms with E-state index in [0.29, 0.717) is 26.3 Å². The fourth-order valence-electron chi connectivity index (χ4n) is 3.54. The van der Waals surface area contributed by atoms with E-state index in [1.165, 1.54) is 23.4 Å². The van der Waals surface area contributed by atoms with E-state index in [-0.39, 0.29) is 11.9 Å². The topological polar surface area (TPSA) is 52.1 Å². The zero-order valence-corrected chi connectivity index (χ0v) is 18.1. The second-order valence-corrected chi connectivity index (χ2v) is 7.58. The molecule has 7 heteroatoms. The molecule has 6 nitrogen and oxygen atoms in total. The Balaban J connectivity index is 1.60. The van der Waals surface area contributed by atoms with Crippen molar-refractivity contribution in [2.45, 2.75) is 12.6 Å². The van der Waals surface area contributed by atoms with Gasteiger partial charge in [-0.15, -0.1) is 0 Å². The molecule has 0 radical (unpaired) electrons. The summed E-state index contributed by atoms with van der Waals surface area (Å²) in [6.07, 6.45) is 0. The zero-order chi connectivity index (χ0) is 21.3. The molecular weight excluding hydrogens is 381 g/mol. The lowest BCUT2D eigenvalue weighted by molar-refractivity contribution is 0.0170. The van der Waals surface area contributed by atoms with Crippen molar-refractivity contribution >= 4 is 11.6 Å². The van der Waals surface area contributed by atoms with Crippen LogP contribution in [0.1, 0.15) is 17.2 Å². The minimum atomic E-state index is -0.217. The maximum absolute atomic E-state index is 13.4. The second kappa shape index (κ2) is 10.9. The van der Waals surface area contributed by atoms with E-state index in [4.69, 9.17) is 4.74 Å². The highest BCUT2D eigenvalue weighted by Gasteiger charge is 2.23. The van der Waals surface area contributed by atoms with Crippen LogP contribution in [-0.4, -0.2) is 64.9 Å². The lowest BCUT2D eigenvalue weighted by atomic mass is 10.0. The molecule has 0 aromatic heterocycles. The first-order valence-corrected chi connectivity index (χ1v) is 10.3. The molecule has 2 N–H and O–H groups in total.